The van der Waals surface area contributed by atoms with Gasteiger partial charge in [-0.05, 0) is 69.3 Å². The number of nitrogens with zero attached hydrogens (tertiary/aromatic N) is 2. The van der Waals surface area contributed by atoms with Crippen LogP contribution in [0.5, 0.6) is 0 Å². The van der Waals surface area contributed by atoms with E-state index in [1.165, 1.54) is 25.3 Å². The number of likely N-dealkylation sites (tertiary alicyclic amines) is 1. The maximum absolute atomic E-state index is 11.2. The normalized spacial score (nSPS) is 16.8. The van der Waals surface area contributed by atoms with Gasteiger partial charge in [-0.3, -0.25) is 9.69 Å². The first-order valence-electron chi connectivity index (χ1n) is 10.5. The van der Waals surface area contributed by atoms with Gasteiger partial charge in [0.15, 0.2) is 5.58 Å². The van der Waals surface area contributed by atoms with Crippen LogP contribution in [0.1, 0.15) is 50.4 Å². The number of nitrogens with one attached hydrogen (secondary N) is 1. The van der Waals surface area contributed by atoms with E-state index in [2.05, 4.69) is 52.6 Å². The summed E-state index contributed by atoms with van der Waals surface area (Å²) in [6, 6.07) is 17.0. The zero-order valence-electron chi connectivity index (χ0n) is 17.2. The third kappa shape index (κ3) is 4.67. The van der Waals surface area contributed by atoms with Gasteiger partial charge in [0, 0.05) is 30.1 Å². The Balaban J connectivity index is 1.31. The van der Waals surface area contributed by atoms with Gasteiger partial charge in [-0.2, -0.15) is 0 Å². The summed E-state index contributed by atoms with van der Waals surface area (Å²) in [4.78, 5) is 13.8. The minimum atomic E-state index is -0.0861. The van der Waals surface area contributed by atoms with Crippen LogP contribution >= 0.6 is 0 Å². The fourth-order valence-corrected chi connectivity index (χ4v) is 4.36. The standard InChI is InChI=1S/C24H29N3O2/c1-17(20-6-4-3-5-7-20)27-14-12-19(13-15-27)8-11-23-22-10-9-21(25-18(2)28)16-24(22)29-26-23/h3-7,9-10,16-17,19H,8,11-15H2,1-2H3,(H,25,28). The molecule has 4 rings (SSSR count). The Morgan fingerprint density at radius 2 is 1.97 bits per heavy atom. The minimum Gasteiger partial charge on any atom is -0.356 e. The molecule has 1 aromatic heterocycles. The van der Waals surface area contributed by atoms with Crippen molar-refractivity contribution in [1.29, 1.82) is 0 Å². The van der Waals surface area contributed by atoms with Crippen molar-refractivity contribution in [2.24, 2.45) is 5.92 Å². The molecule has 1 aliphatic heterocycles. The average Bonchev–Trinajstić information content (AvgIpc) is 3.14. The molecule has 1 saturated heterocycles. The molecule has 0 bridgehead atoms. The number of carbonyl (C=O) groups is 1. The van der Waals surface area contributed by atoms with Crippen LogP contribution in [0.25, 0.3) is 11.0 Å². The van der Waals surface area contributed by atoms with E-state index in [1.54, 1.807) is 0 Å². The van der Waals surface area contributed by atoms with E-state index in [-0.39, 0.29) is 5.91 Å². The summed E-state index contributed by atoms with van der Waals surface area (Å²) in [6.07, 6.45) is 4.55. The van der Waals surface area contributed by atoms with Gasteiger partial charge < -0.3 is 9.84 Å². The number of piperidine rings is 1. The molecule has 29 heavy (non-hydrogen) atoms. The maximum Gasteiger partial charge on any atom is 0.221 e. The quantitative estimate of drug-likeness (QED) is 0.628. The van der Waals surface area contributed by atoms with Crippen molar-refractivity contribution in [3.05, 3.63) is 59.8 Å². The number of hydrogen-bond donors (Lipinski definition) is 1. The fraction of sp³-hybridized carbons (Fsp3) is 0.417. The Morgan fingerprint density at radius 3 is 2.69 bits per heavy atom. The van der Waals surface area contributed by atoms with Crippen LogP contribution in [0.2, 0.25) is 0 Å². The smallest absolute Gasteiger partial charge is 0.221 e. The zero-order chi connectivity index (χ0) is 20.2. The van der Waals surface area contributed by atoms with Crippen molar-refractivity contribution in [2.75, 3.05) is 18.4 Å². The Bertz CT molecular complexity index is 959. The van der Waals surface area contributed by atoms with Crippen molar-refractivity contribution < 1.29 is 9.32 Å². The maximum atomic E-state index is 11.2. The fourth-order valence-electron chi connectivity index (χ4n) is 4.36. The molecule has 1 atom stereocenters. The van der Waals surface area contributed by atoms with Gasteiger partial charge in [-0.25, -0.2) is 0 Å². The summed E-state index contributed by atoms with van der Waals surface area (Å²) in [6.45, 7) is 6.12. The number of rotatable bonds is 6. The Labute approximate surface area is 172 Å². The molecule has 0 spiro atoms. The zero-order valence-corrected chi connectivity index (χ0v) is 17.2. The molecule has 5 heteroatoms. The Hall–Kier alpha value is -2.66. The van der Waals surface area contributed by atoms with E-state index in [0.717, 1.165) is 54.2 Å². The molecule has 5 nitrogen and oxygen atoms in total. The number of hydrogen-bond acceptors (Lipinski definition) is 4. The van der Waals surface area contributed by atoms with Crippen molar-refractivity contribution in [2.45, 2.75) is 45.6 Å². The average molecular weight is 392 g/mol. The first kappa shape index (κ1) is 19.6. The van der Waals surface area contributed by atoms with Crippen molar-refractivity contribution in [3.8, 4) is 0 Å². The van der Waals surface area contributed by atoms with Gasteiger partial charge in [-0.15, -0.1) is 0 Å². The topological polar surface area (TPSA) is 58.4 Å². The molecule has 1 aliphatic rings. The van der Waals surface area contributed by atoms with Gasteiger partial charge in [0.1, 0.15) is 0 Å². The number of anilines is 1. The number of carbonyl (C=O) groups excluding carboxylic acids is 1. The molecule has 152 valence electrons. The van der Waals surface area contributed by atoms with Crippen molar-refractivity contribution in [1.82, 2.24) is 10.1 Å². The second-order valence-electron chi connectivity index (χ2n) is 8.13. The molecule has 0 radical (unpaired) electrons. The lowest BCUT2D eigenvalue weighted by Crippen LogP contribution is -2.35. The highest BCUT2D eigenvalue weighted by atomic mass is 16.5. The molecule has 0 aliphatic carbocycles. The number of benzene rings is 2. The Morgan fingerprint density at radius 1 is 1.21 bits per heavy atom. The van der Waals surface area contributed by atoms with Crippen LogP contribution < -0.4 is 5.32 Å². The van der Waals surface area contributed by atoms with Crippen molar-refractivity contribution >= 4 is 22.6 Å². The highest BCUT2D eigenvalue weighted by Gasteiger charge is 2.24. The number of aromatic nitrogens is 1. The largest absolute Gasteiger partial charge is 0.356 e. The second kappa shape index (κ2) is 8.78. The summed E-state index contributed by atoms with van der Waals surface area (Å²) < 4.78 is 5.50. The predicted octanol–water partition coefficient (Wildman–Crippen LogP) is 5.19. The molecule has 1 unspecified atom stereocenters. The number of aryl methyl sites for hydroxylation is 1. The second-order valence-corrected chi connectivity index (χ2v) is 8.13. The van der Waals surface area contributed by atoms with E-state index >= 15 is 0 Å². The summed E-state index contributed by atoms with van der Waals surface area (Å²) in [7, 11) is 0. The first-order valence-corrected chi connectivity index (χ1v) is 10.5. The summed E-state index contributed by atoms with van der Waals surface area (Å²) in [5.74, 6) is 0.650. The number of amides is 1. The van der Waals surface area contributed by atoms with E-state index < -0.39 is 0 Å². The van der Waals surface area contributed by atoms with E-state index in [1.807, 2.05) is 18.2 Å². The SMILES string of the molecule is CC(=O)Nc1ccc2c(CCC3CCN(C(C)c4ccccc4)CC3)noc2c1. The van der Waals surface area contributed by atoms with Crippen LogP contribution in [0.15, 0.2) is 53.1 Å². The molecular formula is C24H29N3O2. The molecule has 1 amide bonds. The third-order valence-electron chi connectivity index (χ3n) is 6.14. The summed E-state index contributed by atoms with van der Waals surface area (Å²) in [5, 5.41) is 8.12. The molecule has 0 saturated carbocycles. The van der Waals surface area contributed by atoms with Crippen LogP contribution in [0.4, 0.5) is 5.69 Å². The third-order valence-corrected chi connectivity index (χ3v) is 6.14. The van der Waals surface area contributed by atoms with E-state index in [9.17, 15) is 4.79 Å². The molecular weight excluding hydrogens is 362 g/mol. The van der Waals surface area contributed by atoms with Gasteiger partial charge in [0.2, 0.25) is 5.91 Å². The van der Waals surface area contributed by atoms with Gasteiger partial charge in [0.25, 0.3) is 0 Å². The monoisotopic (exact) mass is 391 g/mol. The van der Waals surface area contributed by atoms with Crippen LogP contribution in [-0.4, -0.2) is 29.1 Å². The minimum absolute atomic E-state index is 0.0861. The molecule has 3 aromatic rings. The molecule has 2 aromatic carbocycles. The van der Waals surface area contributed by atoms with Gasteiger partial charge in [0.05, 0.1) is 5.69 Å². The van der Waals surface area contributed by atoms with Gasteiger partial charge >= 0.3 is 0 Å². The predicted molar refractivity (Wildman–Crippen MR) is 116 cm³/mol. The van der Waals surface area contributed by atoms with Crippen LogP contribution in [0, 0.1) is 5.92 Å². The molecule has 2 heterocycles. The highest BCUT2D eigenvalue weighted by molar-refractivity contribution is 5.92. The van der Waals surface area contributed by atoms with Crippen LogP contribution in [0.3, 0.4) is 0 Å². The van der Waals surface area contributed by atoms with Gasteiger partial charge in [-0.1, -0.05) is 35.5 Å². The lowest BCUT2D eigenvalue weighted by molar-refractivity contribution is -0.114. The summed E-state index contributed by atoms with van der Waals surface area (Å²) in [5.41, 5.74) is 3.90. The molecule has 1 fully saturated rings. The molecule has 1 N–H and O–H groups in total. The van der Waals surface area contributed by atoms with E-state index in [4.69, 9.17) is 4.52 Å². The van der Waals surface area contributed by atoms with Crippen LogP contribution in [-0.2, 0) is 11.2 Å². The van der Waals surface area contributed by atoms with Crippen molar-refractivity contribution in [3.63, 3.8) is 0 Å². The Kier molecular flexibility index (Phi) is 5.95. The highest BCUT2D eigenvalue weighted by Crippen LogP contribution is 2.30. The van der Waals surface area contributed by atoms with E-state index in [0.29, 0.717) is 6.04 Å². The first-order chi connectivity index (χ1) is 14.1. The lowest BCUT2D eigenvalue weighted by atomic mass is 9.90. The lowest BCUT2D eigenvalue weighted by Gasteiger charge is -2.36. The summed E-state index contributed by atoms with van der Waals surface area (Å²) >= 11 is 0. The number of fused-ring (bicyclic) bond motifs is 1.